The van der Waals surface area contributed by atoms with Crippen LogP contribution in [0.2, 0.25) is 0 Å². The number of hydrogen-bond acceptors (Lipinski definition) is 5. The first-order chi connectivity index (χ1) is 11.1. The van der Waals surface area contributed by atoms with E-state index in [1.807, 2.05) is 32.0 Å². The topological polar surface area (TPSA) is 77.0 Å². The number of nitrogens with zero attached hydrogens (tertiary/aromatic N) is 4. The van der Waals surface area contributed by atoms with Gasteiger partial charge in [-0.1, -0.05) is 6.07 Å². The highest BCUT2D eigenvalue weighted by Crippen LogP contribution is 2.33. The van der Waals surface area contributed by atoms with E-state index in [2.05, 4.69) is 15.2 Å². The number of phenolic OH excluding ortho intramolecular Hbond substituents is 1. The number of aromatic hydroxyl groups is 1. The van der Waals surface area contributed by atoms with Gasteiger partial charge in [0.1, 0.15) is 23.9 Å². The summed E-state index contributed by atoms with van der Waals surface area (Å²) in [7, 11) is 0. The fourth-order valence-electron chi connectivity index (χ4n) is 2.69. The molecule has 2 heterocycles. The van der Waals surface area contributed by atoms with Crippen molar-refractivity contribution in [3.63, 3.8) is 0 Å². The maximum absolute atomic E-state index is 10.3. The van der Waals surface area contributed by atoms with E-state index in [1.165, 1.54) is 0 Å². The summed E-state index contributed by atoms with van der Waals surface area (Å²) in [4.78, 5) is 4.50. The zero-order valence-electron chi connectivity index (χ0n) is 12.7. The van der Waals surface area contributed by atoms with Gasteiger partial charge in [0.05, 0.1) is 11.3 Å². The molecule has 0 saturated heterocycles. The molecular formula is C17H14N4O2. The molecule has 2 aromatic carbocycles. The number of benzene rings is 2. The Morgan fingerprint density at radius 2 is 1.83 bits per heavy atom. The molecule has 4 aromatic rings. The minimum Gasteiger partial charge on any atom is -0.507 e. The number of rotatable bonds is 2. The van der Waals surface area contributed by atoms with Gasteiger partial charge in [-0.3, -0.25) is 4.57 Å². The fraction of sp³-hybridized carbons (Fsp3) is 0.118. The third-order valence-electron chi connectivity index (χ3n) is 3.75. The fourth-order valence-corrected chi connectivity index (χ4v) is 2.69. The SMILES string of the molecule is Cc1cc(C)c2oc(-c3ccc(-n4cnnc4)cc3O)nc2c1. The summed E-state index contributed by atoms with van der Waals surface area (Å²) >= 11 is 0. The molecule has 2 aromatic heterocycles. The van der Waals surface area contributed by atoms with Gasteiger partial charge >= 0.3 is 0 Å². The minimum absolute atomic E-state index is 0.0946. The molecule has 0 unspecified atom stereocenters. The van der Waals surface area contributed by atoms with Crippen molar-refractivity contribution in [1.29, 1.82) is 0 Å². The first kappa shape index (κ1) is 13.5. The average Bonchev–Trinajstić information content (AvgIpc) is 3.15. The van der Waals surface area contributed by atoms with Gasteiger partial charge in [0, 0.05) is 6.07 Å². The highest BCUT2D eigenvalue weighted by atomic mass is 16.3. The van der Waals surface area contributed by atoms with Crippen LogP contribution in [0.4, 0.5) is 0 Å². The van der Waals surface area contributed by atoms with E-state index in [4.69, 9.17) is 4.42 Å². The highest BCUT2D eigenvalue weighted by Gasteiger charge is 2.14. The third kappa shape index (κ3) is 2.24. The first-order valence-electron chi connectivity index (χ1n) is 7.18. The van der Waals surface area contributed by atoms with Crippen molar-refractivity contribution in [1.82, 2.24) is 19.7 Å². The molecular weight excluding hydrogens is 292 g/mol. The number of fused-ring (bicyclic) bond motifs is 1. The molecule has 23 heavy (non-hydrogen) atoms. The number of phenols is 1. The van der Waals surface area contributed by atoms with Gasteiger partial charge in [0.2, 0.25) is 5.89 Å². The van der Waals surface area contributed by atoms with Crippen molar-refractivity contribution in [2.75, 3.05) is 0 Å². The lowest BCUT2D eigenvalue weighted by Crippen LogP contribution is -1.90. The Kier molecular flexibility index (Phi) is 2.90. The first-order valence-corrected chi connectivity index (χ1v) is 7.18. The lowest BCUT2D eigenvalue weighted by atomic mass is 10.1. The summed E-state index contributed by atoms with van der Waals surface area (Å²) in [6.07, 6.45) is 3.14. The lowest BCUT2D eigenvalue weighted by molar-refractivity contribution is 0.473. The Labute approximate surface area is 132 Å². The zero-order valence-corrected chi connectivity index (χ0v) is 12.7. The number of aryl methyl sites for hydroxylation is 2. The number of aromatic nitrogens is 4. The van der Waals surface area contributed by atoms with Crippen molar-refractivity contribution in [3.05, 3.63) is 54.1 Å². The van der Waals surface area contributed by atoms with E-state index in [1.54, 1.807) is 29.4 Å². The van der Waals surface area contributed by atoms with Crippen molar-refractivity contribution >= 4 is 11.1 Å². The highest BCUT2D eigenvalue weighted by molar-refractivity contribution is 5.81. The van der Waals surface area contributed by atoms with Crippen LogP contribution in [0.5, 0.6) is 5.75 Å². The molecule has 0 radical (unpaired) electrons. The van der Waals surface area contributed by atoms with Gasteiger partial charge in [0.15, 0.2) is 5.58 Å². The molecule has 6 nitrogen and oxygen atoms in total. The monoisotopic (exact) mass is 306 g/mol. The normalized spacial score (nSPS) is 11.2. The predicted octanol–water partition coefficient (Wildman–Crippen LogP) is 3.40. The molecule has 0 aliphatic carbocycles. The summed E-state index contributed by atoms with van der Waals surface area (Å²) < 4.78 is 7.56. The van der Waals surface area contributed by atoms with Crippen LogP contribution < -0.4 is 0 Å². The Hall–Kier alpha value is -3.15. The van der Waals surface area contributed by atoms with Gasteiger partial charge < -0.3 is 9.52 Å². The zero-order chi connectivity index (χ0) is 16.0. The molecule has 0 aliphatic heterocycles. The molecule has 114 valence electrons. The lowest BCUT2D eigenvalue weighted by Gasteiger charge is -2.04. The molecule has 0 fully saturated rings. The Balaban J connectivity index is 1.83. The van der Waals surface area contributed by atoms with Crippen molar-refractivity contribution in [2.45, 2.75) is 13.8 Å². The molecule has 0 amide bonds. The van der Waals surface area contributed by atoms with Crippen molar-refractivity contribution in [2.24, 2.45) is 0 Å². The number of hydrogen-bond donors (Lipinski definition) is 1. The van der Waals surface area contributed by atoms with E-state index in [0.29, 0.717) is 11.5 Å². The standard InChI is InChI=1S/C17H14N4O2/c1-10-5-11(2)16-14(6-10)20-17(23-16)13-4-3-12(7-15(13)22)21-8-18-19-9-21/h3-9,22H,1-2H3. The summed E-state index contributed by atoms with van der Waals surface area (Å²) in [6.45, 7) is 4.01. The molecule has 1 N–H and O–H groups in total. The van der Waals surface area contributed by atoms with Crippen molar-refractivity contribution in [3.8, 4) is 22.9 Å². The third-order valence-corrected chi connectivity index (χ3v) is 3.75. The molecule has 6 heteroatoms. The van der Waals surface area contributed by atoms with Crippen LogP contribution in [0.1, 0.15) is 11.1 Å². The second kappa shape index (κ2) is 4.95. The summed E-state index contributed by atoms with van der Waals surface area (Å²) in [5, 5.41) is 17.9. The minimum atomic E-state index is 0.0946. The van der Waals surface area contributed by atoms with Crippen LogP contribution in [0, 0.1) is 13.8 Å². The molecule has 0 bridgehead atoms. The Morgan fingerprint density at radius 3 is 2.57 bits per heavy atom. The summed E-state index contributed by atoms with van der Waals surface area (Å²) in [5.74, 6) is 0.499. The molecule has 0 aliphatic rings. The smallest absolute Gasteiger partial charge is 0.231 e. The maximum atomic E-state index is 10.3. The predicted molar refractivity (Wildman–Crippen MR) is 85.5 cm³/mol. The summed E-state index contributed by atoms with van der Waals surface area (Å²) in [5.41, 5.74) is 5.00. The van der Waals surface area contributed by atoms with E-state index in [0.717, 1.165) is 27.9 Å². The quantitative estimate of drug-likeness (QED) is 0.614. The Morgan fingerprint density at radius 1 is 1.04 bits per heavy atom. The van der Waals surface area contributed by atoms with Crippen LogP contribution in [0.25, 0.3) is 28.2 Å². The molecule has 4 rings (SSSR count). The van der Waals surface area contributed by atoms with E-state index >= 15 is 0 Å². The van der Waals surface area contributed by atoms with Gasteiger partial charge in [-0.15, -0.1) is 10.2 Å². The van der Waals surface area contributed by atoms with Crippen LogP contribution in [-0.4, -0.2) is 24.9 Å². The second-order valence-electron chi connectivity index (χ2n) is 5.52. The van der Waals surface area contributed by atoms with Crippen LogP contribution in [-0.2, 0) is 0 Å². The van der Waals surface area contributed by atoms with Gasteiger partial charge in [-0.2, -0.15) is 0 Å². The molecule has 0 saturated carbocycles. The van der Waals surface area contributed by atoms with E-state index in [-0.39, 0.29) is 5.75 Å². The second-order valence-corrected chi connectivity index (χ2v) is 5.52. The van der Waals surface area contributed by atoms with Gasteiger partial charge in [-0.25, -0.2) is 4.98 Å². The molecule has 0 spiro atoms. The Bertz CT molecular complexity index is 1000. The largest absolute Gasteiger partial charge is 0.507 e. The average molecular weight is 306 g/mol. The van der Waals surface area contributed by atoms with E-state index < -0.39 is 0 Å². The van der Waals surface area contributed by atoms with Gasteiger partial charge in [0.25, 0.3) is 0 Å². The van der Waals surface area contributed by atoms with Crippen LogP contribution in [0.3, 0.4) is 0 Å². The van der Waals surface area contributed by atoms with Crippen LogP contribution in [0.15, 0.2) is 47.4 Å². The molecule has 0 atom stereocenters. The van der Waals surface area contributed by atoms with Crippen molar-refractivity contribution < 1.29 is 9.52 Å². The van der Waals surface area contributed by atoms with E-state index in [9.17, 15) is 5.11 Å². The number of oxazole rings is 1. The van der Waals surface area contributed by atoms with Gasteiger partial charge in [-0.05, 0) is 43.2 Å². The summed E-state index contributed by atoms with van der Waals surface area (Å²) in [6, 6.07) is 9.28. The maximum Gasteiger partial charge on any atom is 0.231 e. The van der Waals surface area contributed by atoms with Crippen LogP contribution >= 0.6 is 0 Å².